The zero-order valence-corrected chi connectivity index (χ0v) is 13.9. The van der Waals surface area contributed by atoms with Gasteiger partial charge in [-0.3, -0.25) is 9.78 Å². The van der Waals surface area contributed by atoms with Crippen molar-refractivity contribution in [3.05, 3.63) is 77.9 Å². The number of hydrogen-bond acceptors (Lipinski definition) is 5. The van der Waals surface area contributed by atoms with E-state index in [2.05, 4.69) is 32.5 Å². The second-order valence-corrected chi connectivity index (χ2v) is 5.44. The van der Waals surface area contributed by atoms with Crippen molar-refractivity contribution < 1.29 is 4.79 Å². The molecule has 3 rings (SSSR count). The minimum absolute atomic E-state index is 0.271. The molecule has 6 heteroatoms. The van der Waals surface area contributed by atoms with Crippen molar-refractivity contribution in [3.8, 4) is 0 Å². The van der Waals surface area contributed by atoms with Crippen LogP contribution in [0.4, 0.5) is 11.6 Å². The molecule has 0 fully saturated rings. The number of anilines is 2. The maximum atomic E-state index is 12.4. The molecule has 0 bridgehead atoms. The first-order valence-electron chi connectivity index (χ1n) is 8.11. The van der Waals surface area contributed by atoms with Gasteiger partial charge in [0.15, 0.2) is 0 Å². The summed E-state index contributed by atoms with van der Waals surface area (Å²) in [5.74, 6) is 0.118. The molecular weight excluding hydrogens is 314 g/mol. The summed E-state index contributed by atoms with van der Waals surface area (Å²) in [5, 5.41) is 5.91. The molecule has 2 heterocycles. The molecule has 0 atom stereocenters. The molecule has 0 aliphatic carbocycles. The summed E-state index contributed by atoms with van der Waals surface area (Å²) in [6, 6.07) is 15.0. The zero-order valence-electron chi connectivity index (χ0n) is 13.9. The first-order valence-corrected chi connectivity index (χ1v) is 8.11. The van der Waals surface area contributed by atoms with Gasteiger partial charge in [-0.05, 0) is 42.3 Å². The molecule has 1 amide bonds. The largest absolute Gasteiger partial charge is 0.349 e. The number of aromatic nitrogens is 3. The highest BCUT2D eigenvalue weighted by molar-refractivity contribution is 6.02. The monoisotopic (exact) mass is 333 g/mol. The Balaban J connectivity index is 1.64. The summed E-state index contributed by atoms with van der Waals surface area (Å²) in [7, 11) is 0. The molecule has 6 nitrogen and oxygen atoms in total. The molecule has 0 saturated heterocycles. The lowest BCUT2D eigenvalue weighted by Crippen LogP contribution is -2.15. The second kappa shape index (κ2) is 8.01. The fourth-order valence-electron chi connectivity index (χ4n) is 2.26. The van der Waals surface area contributed by atoms with Crippen molar-refractivity contribution in [1.29, 1.82) is 0 Å². The lowest BCUT2D eigenvalue weighted by atomic mass is 10.1. The summed E-state index contributed by atoms with van der Waals surface area (Å²) in [4.78, 5) is 25.0. The van der Waals surface area contributed by atoms with Gasteiger partial charge >= 0.3 is 0 Å². The number of hydrogen-bond donors (Lipinski definition) is 2. The Morgan fingerprint density at radius 3 is 2.56 bits per heavy atom. The highest BCUT2D eigenvalue weighted by atomic mass is 16.1. The number of benzene rings is 1. The predicted molar refractivity (Wildman–Crippen MR) is 97.4 cm³/mol. The zero-order chi connectivity index (χ0) is 17.5. The highest BCUT2D eigenvalue weighted by Gasteiger charge is 2.09. The van der Waals surface area contributed by atoms with Crippen LogP contribution < -0.4 is 10.6 Å². The standard InChI is InChI=1S/C19H19N5O/c1-2-14-6-8-15(9-7-14)23-18(25)17-10-12-21-19(24-17)22-13-16-5-3-4-11-20-16/h3-12H,2,13H2,1H3,(H,23,25)(H,21,22,24). The van der Waals surface area contributed by atoms with Gasteiger partial charge in [0.25, 0.3) is 5.91 Å². The molecular formula is C19H19N5O. The average Bonchev–Trinajstić information content (AvgIpc) is 2.68. The van der Waals surface area contributed by atoms with E-state index in [1.807, 2.05) is 42.5 Å². The highest BCUT2D eigenvalue weighted by Crippen LogP contribution is 2.12. The van der Waals surface area contributed by atoms with Crippen molar-refractivity contribution in [2.75, 3.05) is 10.6 Å². The molecule has 0 saturated carbocycles. The molecule has 0 radical (unpaired) electrons. The molecule has 2 aromatic heterocycles. The normalized spacial score (nSPS) is 10.3. The van der Waals surface area contributed by atoms with Gasteiger partial charge in [0, 0.05) is 18.1 Å². The summed E-state index contributed by atoms with van der Waals surface area (Å²) in [5.41, 5.74) is 3.14. The number of nitrogens with zero attached hydrogens (tertiary/aromatic N) is 3. The first-order chi connectivity index (χ1) is 12.2. The molecule has 0 spiro atoms. The number of nitrogens with one attached hydrogen (secondary N) is 2. The number of amides is 1. The summed E-state index contributed by atoms with van der Waals surface area (Å²) < 4.78 is 0. The van der Waals surface area contributed by atoms with Gasteiger partial charge in [-0.15, -0.1) is 0 Å². The Morgan fingerprint density at radius 2 is 1.84 bits per heavy atom. The van der Waals surface area contributed by atoms with Crippen LogP contribution in [-0.4, -0.2) is 20.9 Å². The maximum Gasteiger partial charge on any atom is 0.274 e. The van der Waals surface area contributed by atoms with Crippen LogP contribution in [0.25, 0.3) is 0 Å². The quantitative estimate of drug-likeness (QED) is 0.723. The van der Waals surface area contributed by atoms with Crippen molar-refractivity contribution >= 4 is 17.5 Å². The van der Waals surface area contributed by atoms with Gasteiger partial charge in [-0.25, -0.2) is 9.97 Å². The van der Waals surface area contributed by atoms with Gasteiger partial charge in [0.1, 0.15) is 5.69 Å². The second-order valence-electron chi connectivity index (χ2n) is 5.44. The average molecular weight is 333 g/mol. The topological polar surface area (TPSA) is 79.8 Å². The molecule has 0 unspecified atom stereocenters. The SMILES string of the molecule is CCc1ccc(NC(=O)c2ccnc(NCc3ccccn3)n2)cc1. The van der Waals surface area contributed by atoms with E-state index in [4.69, 9.17) is 0 Å². The minimum Gasteiger partial charge on any atom is -0.349 e. The van der Waals surface area contributed by atoms with Crippen molar-refractivity contribution in [2.45, 2.75) is 19.9 Å². The van der Waals surface area contributed by atoms with Gasteiger partial charge in [-0.1, -0.05) is 25.1 Å². The number of carbonyl (C=O) groups is 1. The van der Waals surface area contributed by atoms with Gasteiger partial charge in [0.05, 0.1) is 12.2 Å². The summed E-state index contributed by atoms with van der Waals surface area (Å²) in [6.07, 6.45) is 4.25. The number of pyridine rings is 1. The smallest absolute Gasteiger partial charge is 0.274 e. The lowest BCUT2D eigenvalue weighted by Gasteiger charge is -2.08. The third-order valence-electron chi connectivity index (χ3n) is 3.66. The van der Waals surface area contributed by atoms with Crippen LogP contribution in [0.5, 0.6) is 0 Å². The molecule has 1 aromatic carbocycles. The van der Waals surface area contributed by atoms with E-state index in [1.54, 1.807) is 18.5 Å². The number of carbonyl (C=O) groups excluding carboxylic acids is 1. The van der Waals surface area contributed by atoms with E-state index in [9.17, 15) is 4.79 Å². The third kappa shape index (κ3) is 4.60. The molecule has 0 aliphatic rings. The van der Waals surface area contributed by atoms with E-state index in [0.717, 1.165) is 17.8 Å². The van der Waals surface area contributed by atoms with E-state index >= 15 is 0 Å². The number of aryl methyl sites for hydroxylation is 1. The van der Waals surface area contributed by atoms with E-state index in [0.29, 0.717) is 18.2 Å². The van der Waals surface area contributed by atoms with Crippen LogP contribution in [0, 0.1) is 0 Å². The van der Waals surface area contributed by atoms with Gasteiger partial charge in [0.2, 0.25) is 5.95 Å². The summed E-state index contributed by atoms with van der Waals surface area (Å²) >= 11 is 0. The fourth-order valence-corrected chi connectivity index (χ4v) is 2.26. The Labute approximate surface area is 146 Å². The van der Waals surface area contributed by atoms with Crippen LogP contribution in [0.1, 0.15) is 28.7 Å². The van der Waals surface area contributed by atoms with Crippen LogP contribution in [0.3, 0.4) is 0 Å². The van der Waals surface area contributed by atoms with E-state index in [-0.39, 0.29) is 5.91 Å². The third-order valence-corrected chi connectivity index (χ3v) is 3.66. The lowest BCUT2D eigenvalue weighted by molar-refractivity contribution is 0.102. The predicted octanol–water partition coefficient (Wildman–Crippen LogP) is 3.30. The molecule has 2 N–H and O–H groups in total. The van der Waals surface area contributed by atoms with E-state index in [1.165, 1.54) is 5.56 Å². The molecule has 25 heavy (non-hydrogen) atoms. The Kier molecular flexibility index (Phi) is 5.31. The Morgan fingerprint density at radius 1 is 1.00 bits per heavy atom. The van der Waals surface area contributed by atoms with E-state index < -0.39 is 0 Å². The van der Waals surface area contributed by atoms with Crippen LogP contribution in [0.2, 0.25) is 0 Å². The van der Waals surface area contributed by atoms with Crippen molar-refractivity contribution in [1.82, 2.24) is 15.0 Å². The molecule has 3 aromatic rings. The maximum absolute atomic E-state index is 12.4. The van der Waals surface area contributed by atoms with Crippen molar-refractivity contribution in [2.24, 2.45) is 0 Å². The van der Waals surface area contributed by atoms with Gasteiger partial charge in [-0.2, -0.15) is 0 Å². The molecule has 0 aliphatic heterocycles. The minimum atomic E-state index is -0.271. The number of rotatable bonds is 6. The molecule has 126 valence electrons. The Bertz CT molecular complexity index is 834. The van der Waals surface area contributed by atoms with Gasteiger partial charge < -0.3 is 10.6 Å². The van der Waals surface area contributed by atoms with Crippen LogP contribution in [0.15, 0.2) is 60.9 Å². The summed E-state index contributed by atoms with van der Waals surface area (Å²) in [6.45, 7) is 2.58. The van der Waals surface area contributed by atoms with Crippen LogP contribution >= 0.6 is 0 Å². The fraction of sp³-hybridized carbons (Fsp3) is 0.158. The Hall–Kier alpha value is -3.28. The first kappa shape index (κ1) is 16.6. The van der Waals surface area contributed by atoms with Crippen LogP contribution in [-0.2, 0) is 13.0 Å². The van der Waals surface area contributed by atoms with Crippen molar-refractivity contribution in [3.63, 3.8) is 0 Å².